The molecule has 0 amide bonds. The van der Waals surface area contributed by atoms with E-state index in [0.29, 0.717) is 30.1 Å². The van der Waals surface area contributed by atoms with Crippen molar-refractivity contribution in [3.05, 3.63) is 12.7 Å². The SMILES string of the molecule is COC[C@@H]1CNC[C@H](n2cnc3c(N)ncnc32)O1. The van der Waals surface area contributed by atoms with E-state index in [1.807, 2.05) is 4.57 Å². The van der Waals surface area contributed by atoms with E-state index in [0.717, 1.165) is 6.54 Å². The second-order valence-electron chi connectivity index (χ2n) is 4.41. The molecule has 0 radical (unpaired) electrons. The Morgan fingerprint density at radius 3 is 3.21 bits per heavy atom. The van der Waals surface area contributed by atoms with Crippen molar-refractivity contribution < 1.29 is 9.47 Å². The zero-order valence-electron chi connectivity index (χ0n) is 10.6. The number of rotatable bonds is 3. The summed E-state index contributed by atoms with van der Waals surface area (Å²) in [7, 11) is 1.66. The van der Waals surface area contributed by atoms with Gasteiger partial charge in [0.1, 0.15) is 18.1 Å². The molecule has 102 valence electrons. The molecule has 19 heavy (non-hydrogen) atoms. The van der Waals surface area contributed by atoms with Crippen LogP contribution in [0.1, 0.15) is 6.23 Å². The molecular weight excluding hydrogens is 248 g/mol. The first-order valence-corrected chi connectivity index (χ1v) is 6.07. The summed E-state index contributed by atoms with van der Waals surface area (Å²) < 4.78 is 12.9. The molecule has 8 heteroatoms. The van der Waals surface area contributed by atoms with Crippen molar-refractivity contribution in [2.45, 2.75) is 12.3 Å². The predicted molar refractivity (Wildman–Crippen MR) is 68.4 cm³/mol. The van der Waals surface area contributed by atoms with E-state index in [1.54, 1.807) is 13.4 Å². The molecule has 0 spiro atoms. The quantitative estimate of drug-likeness (QED) is 0.773. The molecule has 1 saturated heterocycles. The van der Waals surface area contributed by atoms with Crippen molar-refractivity contribution in [2.24, 2.45) is 0 Å². The Hall–Kier alpha value is -1.77. The average Bonchev–Trinajstić information content (AvgIpc) is 2.85. The zero-order chi connectivity index (χ0) is 13.2. The third-order valence-electron chi connectivity index (χ3n) is 3.09. The highest BCUT2D eigenvalue weighted by molar-refractivity contribution is 5.81. The first-order chi connectivity index (χ1) is 9.29. The van der Waals surface area contributed by atoms with E-state index in [1.165, 1.54) is 6.33 Å². The minimum atomic E-state index is -0.173. The summed E-state index contributed by atoms with van der Waals surface area (Å²) in [5.74, 6) is 0.376. The number of nitrogens with two attached hydrogens (primary N) is 1. The number of imidazole rings is 1. The number of nitrogen functional groups attached to an aromatic ring is 1. The van der Waals surface area contributed by atoms with E-state index >= 15 is 0 Å². The van der Waals surface area contributed by atoms with Gasteiger partial charge in [-0.15, -0.1) is 0 Å². The summed E-state index contributed by atoms with van der Waals surface area (Å²) in [6, 6.07) is 0. The molecule has 1 aliphatic heterocycles. The maximum Gasteiger partial charge on any atom is 0.167 e. The van der Waals surface area contributed by atoms with Gasteiger partial charge in [0.2, 0.25) is 0 Å². The normalized spacial score (nSPS) is 23.8. The fourth-order valence-electron chi connectivity index (χ4n) is 2.21. The monoisotopic (exact) mass is 264 g/mol. The van der Waals surface area contributed by atoms with Gasteiger partial charge in [-0.1, -0.05) is 0 Å². The number of anilines is 1. The minimum absolute atomic E-state index is 0.0142. The highest BCUT2D eigenvalue weighted by Crippen LogP contribution is 2.21. The summed E-state index contributed by atoms with van der Waals surface area (Å²) in [5, 5.41) is 3.31. The summed E-state index contributed by atoms with van der Waals surface area (Å²) in [5.41, 5.74) is 7.05. The van der Waals surface area contributed by atoms with Crippen LogP contribution in [0.25, 0.3) is 11.2 Å². The molecule has 3 rings (SSSR count). The fourth-order valence-corrected chi connectivity index (χ4v) is 2.21. The van der Waals surface area contributed by atoms with Gasteiger partial charge in [0, 0.05) is 20.2 Å². The van der Waals surface area contributed by atoms with Crippen molar-refractivity contribution in [2.75, 3.05) is 32.5 Å². The number of hydrogen-bond acceptors (Lipinski definition) is 7. The zero-order valence-corrected chi connectivity index (χ0v) is 10.6. The van der Waals surface area contributed by atoms with E-state index in [9.17, 15) is 0 Å². The van der Waals surface area contributed by atoms with E-state index in [4.69, 9.17) is 15.2 Å². The molecule has 3 N–H and O–H groups in total. The third-order valence-corrected chi connectivity index (χ3v) is 3.09. The van der Waals surface area contributed by atoms with Crippen LogP contribution in [-0.2, 0) is 9.47 Å². The Kier molecular flexibility index (Phi) is 3.28. The van der Waals surface area contributed by atoms with Gasteiger partial charge < -0.3 is 20.5 Å². The molecule has 0 aromatic carbocycles. The molecule has 0 aliphatic carbocycles. The first kappa shape index (κ1) is 12.3. The van der Waals surface area contributed by atoms with Crippen LogP contribution < -0.4 is 11.1 Å². The van der Waals surface area contributed by atoms with Gasteiger partial charge in [-0.05, 0) is 0 Å². The summed E-state index contributed by atoms with van der Waals surface area (Å²) in [6.45, 7) is 2.01. The standard InChI is InChI=1S/C11H16N6O2/c1-18-4-7-2-13-3-8(19-7)17-6-16-9-10(12)14-5-15-11(9)17/h5-8,13H,2-4H2,1H3,(H2,12,14,15)/t7-,8+/m0/s1. The van der Waals surface area contributed by atoms with Gasteiger partial charge in [-0.3, -0.25) is 4.57 Å². The molecule has 8 nitrogen and oxygen atoms in total. The average molecular weight is 264 g/mol. The number of aromatic nitrogens is 4. The Labute approximate surface area is 109 Å². The van der Waals surface area contributed by atoms with Crippen LogP contribution in [0.2, 0.25) is 0 Å². The molecule has 2 atom stereocenters. The fraction of sp³-hybridized carbons (Fsp3) is 0.545. The van der Waals surface area contributed by atoms with Crippen LogP contribution in [0.15, 0.2) is 12.7 Å². The molecule has 2 aromatic heterocycles. The second kappa shape index (κ2) is 5.08. The van der Waals surface area contributed by atoms with Crippen LogP contribution in [0.5, 0.6) is 0 Å². The number of methoxy groups -OCH3 is 1. The van der Waals surface area contributed by atoms with Crippen LogP contribution in [0.4, 0.5) is 5.82 Å². The van der Waals surface area contributed by atoms with Crippen molar-refractivity contribution in [1.29, 1.82) is 0 Å². The Morgan fingerprint density at radius 2 is 2.37 bits per heavy atom. The molecule has 0 saturated carbocycles. The van der Waals surface area contributed by atoms with Crippen molar-refractivity contribution in [1.82, 2.24) is 24.8 Å². The lowest BCUT2D eigenvalue weighted by Gasteiger charge is -2.31. The van der Waals surface area contributed by atoms with Gasteiger partial charge in [0.05, 0.1) is 19.0 Å². The highest BCUT2D eigenvalue weighted by Gasteiger charge is 2.25. The molecule has 0 unspecified atom stereocenters. The van der Waals surface area contributed by atoms with Gasteiger partial charge in [-0.25, -0.2) is 15.0 Å². The van der Waals surface area contributed by atoms with Crippen LogP contribution in [-0.4, -0.2) is 52.4 Å². The molecule has 2 aromatic rings. The van der Waals surface area contributed by atoms with E-state index in [-0.39, 0.29) is 12.3 Å². The number of ether oxygens (including phenoxy) is 2. The van der Waals surface area contributed by atoms with E-state index < -0.39 is 0 Å². The lowest BCUT2D eigenvalue weighted by Crippen LogP contribution is -2.44. The largest absolute Gasteiger partial charge is 0.382 e. The Bertz CT molecular complexity index is 569. The molecule has 1 aliphatic rings. The number of nitrogens with zero attached hydrogens (tertiary/aromatic N) is 4. The number of fused-ring (bicyclic) bond motifs is 1. The van der Waals surface area contributed by atoms with Crippen molar-refractivity contribution in [3.8, 4) is 0 Å². The smallest absolute Gasteiger partial charge is 0.167 e. The van der Waals surface area contributed by atoms with Crippen molar-refractivity contribution in [3.63, 3.8) is 0 Å². The lowest BCUT2D eigenvalue weighted by atomic mass is 10.3. The van der Waals surface area contributed by atoms with Gasteiger partial charge in [0.25, 0.3) is 0 Å². The highest BCUT2D eigenvalue weighted by atomic mass is 16.5. The molecule has 1 fully saturated rings. The van der Waals surface area contributed by atoms with E-state index in [2.05, 4.69) is 20.3 Å². The maximum absolute atomic E-state index is 5.95. The van der Waals surface area contributed by atoms with Gasteiger partial charge in [-0.2, -0.15) is 0 Å². The minimum Gasteiger partial charge on any atom is -0.382 e. The lowest BCUT2D eigenvalue weighted by molar-refractivity contribution is -0.0990. The number of hydrogen-bond donors (Lipinski definition) is 2. The molecular formula is C11H16N6O2. The maximum atomic E-state index is 5.95. The number of morpholine rings is 1. The number of nitrogens with one attached hydrogen (secondary N) is 1. The predicted octanol–water partition coefficient (Wildman–Crippen LogP) is -0.458. The van der Waals surface area contributed by atoms with Crippen LogP contribution >= 0.6 is 0 Å². The summed E-state index contributed by atoms with van der Waals surface area (Å²) in [4.78, 5) is 12.4. The van der Waals surface area contributed by atoms with Crippen molar-refractivity contribution >= 4 is 17.0 Å². The molecule has 3 heterocycles. The first-order valence-electron chi connectivity index (χ1n) is 6.07. The Morgan fingerprint density at radius 1 is 1.47 bits per heavy atom. The summed E-state index contributed by atoms with van der Waals surface area (Å²) >= 11 is 0. The third kappa shape index (κ3) is 2.25. The second-order valence-corrected chi connectivity index (χ2v) is 4.41. The van der Waals surface area contributed by atoms with Gasteiger partial charge >= 0.3 is 0 Å². The van der Waals surface area contributed by atoms with Crippen LogP contribution in [0, 0.1) is 0 Å². The topological polar surface area (TPSA) is 100 Å². The Balaban J connectivity index is 1.89. The molecule has 0 bridgehead atoms. The summed E-state index contributed by atoms with van der Waals surface area (Å²) in [6.07, 6.45) is 2.95. The van der Waals surface area contributed by atoms with Gasteiger partial charge in [0.15, 0.2) is 11.5 Å². The van der Waals surface area contributed by atoms with Crippen LogP contribution in [0.3, 0.4) is 0 Å².